The fourth-order valence-corrected chi connectivity index (χ4v) is 4.09. The maximum Gasteiger partial charge on any atom is 0.161 e. The predicted octanol–water partition coefficient (Wildman–Crippen LogP) is 10.7. The number of Topliss-reactive ketones (excluding diaryl/α,β-unsaturated/α-hetero) is 1. The van der Waals surface area contributed by atoms with Crippen molar-refractivity contribution in [1.29, 1.82) is 0 Å². The van der Waals surface area contributed by atoms with Gasteiger partial charge in [-0.3, -0.25) is 4.79 Å². The van der Waals surface area contributed by atoms with Crippen LogP contribution in [0.4, 0.5) is 0 Å². The van der Waals surface area contributed by atoms with Crippen molar-refractivity contribution in [3.05, 3.63) is 154 Å². The number of allylic oxidation sites excluding steroid dienone is 25. The molecular formula is C40H52O2. The molecule has 1 aliphatic rings. The largest absolute Gasteiger partial charge is 0.392 e. The van der Waals surface area contributed by atoms with E-state index in [1.165, 1.54) is 22.3 Å². The summed E-state index contributed by atoms with van der Waals surface area (Å²) < 4.78 is 0. The van der Waals surface area contributed by atoms with E-state index in [-0.39, 0.29) is 12.2 Å². The van der Waals surface area contributed by atoms with Crippen LogP contribution in [-0.4, -0.2) is 17.0 Å². The third-order valence-corrected chi connectivity index (χ3v) is 7.01. The fourth-order valence-electron chi connectivity index (χ4n) is 4.09. The molecule has 0 aromatic heterocycles. The maximum atomic E-state index is 12.2. The van der Waals surface area contributed by atoms with Gasteiger partial charge in [-0.05, 0) is 66.5 Å². The molecule has 2 heteroatoms. The van der Waals surface area contributed by atoms with Gasteiger partial charge in [-0.2, -0.15) is 0 Å². The Balaban J connectivity index is 2.68. The molecule has 0 spiro atoms. The molecule has 0 saturated carbocycles. The Morgan fingerprint density at radius 1 is 0.619 bits per heavy atom. The van der Waals surface area contributed by atoms with E-state index in [0.29, 0.717) is 0 Å². The van der Waals surface area contributed by atoms with E-state index in [1.807, 2.05) is 64.2 Å². The van der Waals surface area contributed by atoms with Gasteiger partial charge in [0.1, 0.15) is 0 Å². The summed E-state index contributed by atoms with van der Waals surface area (Å²) >= 11 is 0. The zero-order valence-electron chi connectivity index (χ0n) is 27.5. The van der Waals surface area contributed by atoms with Crippen LogP contribution in [0.3, 0.4) is 0 Å². The lowest BCUT2D eigenvalue weighted by Crippen LogP contribution is -2.38. The summed E-state index contributed by atoms with van der Waals surface area (Å²) in [6, 6.07) is 0. The van der Waals surface area contributed by atoms with Crippen LogP contribution in [0, 0.1) is 5.41 Å². The Morgan fingerprint density at radius 3 is 1.38 bits per heavy atom. The molecule has 0 aliphatic heterocycles. The van der Waals surface area contributed by atoms with E-state index in [2.05, 4.69) is 114 Å². The molecule has 0 heterocycles. The lowest BCUT2D eigenvalue weighted by atomic mass is 9.70. The zero-order valence-corrected chi connectivity index (χ0v) is 27.5. The summed E-state index contributed by atoms with van der Waals surface area (Å²) in [6.45, 7) is 20.4. The fraction of sp³-hybridized carbons (Fsp3) is 0.325. The molecule has 224 valence electrons. The van der Waals surface area contributed by atoms with Crippen LogP contribution in [0.2, 0.25) is 0 Å². The SMILES string of the molecule is CC(C)=C/C=C/C(C)=C/C=C/C(C)=C/C=C/C(C)=C/C=C/C=C(C)/C=C/C=C(C)/C=C/C1=C(C)C(=O)CC(O)C1(C)C. The van der Waals surface area contributed by atoms with Crippen LogP contribution < -0.4 is 0 Å². The summed E-state index contributed by atoms with van der Waals surface area (Å²) in [5.41, 5.74) is 8.30. The molecule has 0 bridgehead atoms. The highest BCUT2D eigenvalue weighted by Crippen LogP contribution is 2.39. The highest BCUT2D eigenvalue weighted by Gasteiger charge is 2.38. The lowest BCUT2D eigenvalue weighted by molar-refractivity contribution is -0.120. The standard InChI is InChI=1S/C40H52O2/c1-30(2)17-13-20-33(5)23-15-25-34(6)24-14-21-31(3)18-11-12-19-32(4)22-16-26-35(7)27-28-37-36(8)38(41)29-39(42)40(37,9)10/h11-28,39,42H,29H2,1-10H3/b12-11+,20-13+,21-14+,22-16+,25-15+,28-27+,31-18+,32-19+,33-23+,34-24+,35-26+. The van der Waals surface area contributed by atoms with Crippen LogP contribution >= 0.6 is 0 Å². The van der Waals surface area contributed by atoms with Crippen molar-refractivity contribution >= 4 is 5.78 Å². The van der Waals surface area contributed by atoms with Crippen molar-refractivity contribution in [2.75, 3.05) is 0 Å². The van der Waals surface area contributed by atoms with Gasteiger partial charge in [0.05, 0.1) is 6.10 Å². The van der Waals surface area contributed by atoms with Crippen LogP contribution in [-0.2, 0) is 4.79 Å². The molecule has 0 radical (unpaired) electrons. The Bertz CT molecular complexity index is 1340. The molecule has 0 fully saturated rings. The van der Waals surface area contributed by atoms with Gasteiger partial charge in [0.2, 0.25) is 0 Å². The number of hydrogen-bond donors (Lipinski definition) is 1. The average Bonchev–Trinajstić information content (AvgIpc) is 2.90. The van der Waals surface area contributed by atoms with Gasteiger partial charge in [0.15, 0.2) is 5.78 Å². The van der Waals surface area contributed by atoms with E-state index in [9.17, 15) is 9.90 Å². The van der Waals surface area contributed by atoms with Gasteiger partial charge in [0, 0.05) is 11.8 Å². The third-order valence-electron chi connectivity index (χ3n) is 7.01. The predicted molar refractivity (Wildman–Crippen MR) is 185 cm³/mol. The van der Waals surface area contributed by atoms with Crippen molar-refractivity contribution in [1.82, 2.24) is 0 Å². The van der Waals surface area contributed by atoms with Gasteiger partial charge in [0.25, 0.3) is 0 Å². The van der Waals surface area contributed by atoms with E-state index in [1.54, 1.807) is 0 Å². The monoisotopic (exact) mass is 564 g/mol. The molecule has 42 heavy (non-hydrogen) atoms. The minimum atomic E-state index is -0.653. The maximum absolute atomic E-state index is 12.2. The number of aliphatic hydroxyl groups excluding tert-OH is 1. The molecule has 1 N–H and O–H groups in total. The van der Waals surface area contributed by atoms with E-state index in [4.69, 9.17) is 0 Å². The molecule has 0 aromatic carbocycles. The highest BCUT2D eigenvalue weighted by molar-refractivity contribution is 5.97. The van der Waals surface area contributed by atoms with Crippen molar-refractivity contribution in [3.8, 4) is 0 Å². The Labute approximate surface area is 256 Å². The Hall–Kier alpha value is -3.75. The van der Waals surface area contributed by atoms with Gasteiger partial charge in [-0.15, -0.1) is 0 Å². The number of rotatable bonds is 12. The van der Waals surface area contributed by atoms with Crippen LogP contribution in [0.25, 0.3) is 0 Å². The summed E-state index contributed by atoms with van der Waals surface area (Å²) in [4.78, 5) is 12.2. The number of carbonyl (C=O) groups excluding carboxylic acids is 1. The first kappa shape index (κ1) is 36.3. The van der Waals surface area contributed by atoms with E-state index >= 15 is 0 Å². The minimum Gasteiger partial charge on any atom is -0.392 e. The summed E-state index contributed by atoms with van der Waals surface area (Å²) in [6.07, 6.45) is 36.8. The first-order chi connectivity index (χ1) is 19.7. The molecule has 1 unspecified atom stereocenters. The molecule has 0 saturated heterocycles. The Morgan fingerprint density at radius 2 is 0.976 bits per heavy atom. The topological polar surface area (TPSA) is 37.3 Å². The van der Waals surface area contributed by atoms with E-state index in [0.717, 1.165) is 22.3 Å². The van der Waals surface area contributed by atoms with Gasteiger partial charge < -0.3 is 5.11 Å². The average molecular weight is 565 g/mol. The Kier molecular flexibility index (Phi) is 16.1. The first-order valence-electron chi connectivity index (χ1n) is 14.7. The second-order valence-electron chi connectivity index (χ2n) is 11.9. The minimum absolute atomic E-state index is 0.0240. The molecule has 1 aliphatic carbocycles. The first-order valence-corrected chi connectivity index (χ1v) is 14.7. The van der Waals surface area contributed by atoms with Gasteiger partial charge in [-0.25, -0.2) is 0 Å². The summed E-state index contributed by atoms with van der Waals surface area (Å²) in [7, 11) is 0. The van der Waals surface area contributed by atoms with Crippen LogP contribution in [0.15, 0.2) is 154 Å². The van der Waals surface area contributed by atoms with Crippen molar-refractivity contribution in [2.24, 2.45) is 5.41 Å². The van der Waals surface area contributed by atoms with E-state index < -0.39 is 11.5 Å². The molecule has 2 nitrogen and oxygen atoms in total. The molecule has 1 rings (SSSR count). The zero-order chi connectivity index (χ0) is 31.7. The second kappa shape index (κ2) is 18.6. The number of aliphatic hydroxyl groups is 1. The van der Waals surface area contributed by atoms with Crippen molar-refractivity contribution in [2.45, 2.75) is 81.8 Å². The summed E-state index contributed by atoms with van der Waals surface area (Å²) in [5.74, 6) is 0.0240. The van der Waals surface area contributed by atoms with Crippen LogP contribution in [0.5, 0.6) is 0 Å². The number of ketones is 1. The lowest BCUT2D eigenvalue weighted by Gasteiger charge is -2.36. The number of carbonyl (C=O) groups is 1. The second-order valence-corrected chi connectivity index (χ2v) is 11.9. The highest BCUT2D eigenvalue weighted by atomic mass is 16.3. The van der Waals surface area contributed by atoms with Crippen molar-refractivity contribution < 1.29 is 9.90 Å². The van der Waals surface area contributed by atoms with Gasteiger partial charge in [-0.1, -0.05) is 157 Å². The molecule has 1 atom stereocenters. The molecule has 0 amide bonds. The van der Waals surface area contributed by atoms with Crippen molar-refractivity contribution in [3.63, 3.8) is 0 Å². The molecule has 0 aromatic rings. The number of hydrogen-bond acceptors (Lipinski definition) is 2. The quantitative estimate of drug-likeness (QED) is 0.239. The normalized spacial score (nSPS) is 20.2. The van der Waals surface area contributed by atoms with Gasteiger partial charge >= 0.3 is 0 Å². The summed E-state index contributed by atoms with van der Waals surface area (Å²) in [5, 5.41) is 10.4. The van der Waals surface area contributed by atoms with Crippen LogP contribution in [0.1, 0.15) is 75.7 Å². The third kappa shape index (κ3) is 14.2. The smallest absolute Gasteiger partial charge is 0.161 e. The molecular weight excluding hydrogens is 512 g/mol.